The van der Waals surface area contributed by atoms with Crippen LogP contribution in [0.5, 0.6) is 5.75 Å². The summed E-state index contributed by atoms with van der Waals surface area (Å²) in [6.07, 6.45) is 0.825. The number of fused-ring (bicyclic) bond motifs is 1. The molecule has 1 aliphatic heterocycles. The number of hydrogen-bond donors (Lipinski definition) is 0. The van der Waals surface area contributed by atoms with Gasteiger partial charge in [0.2, 0.25) is 0 Å². The van der Waals surface area contributed by atoms with Gasteiger partial charge in [-0.25, -0.2) is 4.39 Å². The third-order valence-corrected chi connectivity index (χ3v) is 4.03. The molecule has 1 heterocycles. The van der Waals surface area contributed by atoms with Crippen LogP contribution in [-0.2, 0) is 11.2 Å². The van der Waals surface area contributed by atoms with E-state index >= 15 is 0 Å². The lowest BCUT2D eigenvalue weighted by Crippen LogP contribution is -2.21. The van der Waals surface area contributed by atoms with Crippen LogP contribution in [0, 0.1) is 5.82 Å². The Morgan fingerprint density at radius 3 is 3.00 bits per heavy atom. The molecule has 20 heavy (non-hydrogen) atoms. The maximum atomic E-state index is 13.2. The van der Waals surface area contributed by atoms with Gasteiger partial charge in [0.1, 0.15) is 24.3 Å². The van der Waals surface area contributed by atoms with Gasteiger partial charge >= 0.3 is 0 Å². The van der Waals surface area contributed by atoms with Crippen LogP contribution in [0.25, 0.3) is 0 Å². The molecule has 0 fully saturated rings. The van der Waals surface area contributed by atoms with Gasteiger partial charge in [0.25, 0.3) is 0 Å². The topological polar surface area (TPSA) is 18.5 Å². The molecule has 0 aromatic heterocycles. The molecule has 0 aliphatic carbocycles. The summed E-state index contributed by atoms with van der Waals surface area (Å²) in [5.74, 6) is 0.185. The second-order valence-corrected chi connectivity index (χ2v) is 5.55. The van der Waals surface area contributed by atoms with Crippen molar-refractivity contribution in [2.75, 3.05) is 13.2 Å². The van der Waals surface area contributed by atoms with Crippen molar-refractivity contribution in [1.29, 1.82) is 0 Å². The quantitative estimate of drug-likeness (QED) is 0.832. The van der Waals surface area contributed by atoms with E-state index in [9.17, 15) is 4.39 Å². The minimum Gasteiger partial charge on any atom is -0.489 e. The molecule has 0 saturated carbocycles. The number of hydrogen-bond acceptors (Lipinski definition) is 2. The first kappa shape index (κ1) is 13.6. The van der Waals surface area contributed by atoms with E-state index in [-0.39, 0.29) is 11.9 Å². The molecule has 0 bridgehead atoms. The molecule has 1 aliphatic rings. The smallest absolute Gasteiger partial charge is 0.136 e. The number of halogens is 2. The monoisotopic (exact) mass is 336 g/mol. The highest BCUT2D eigenvalue weighted by Gasteiger charge is 2.21. The van der Waals surface area contributed by atoms with Gasteiger partial charge in [0.15, 0.2) is 0 Å². The fourth-order valence-corrected chi connectivity index (χ4v) is 2.73. The summed E-state index contributed by atoms with van der Waals surface area (Å²) in [5.41, 5.74) is 2.46. The van der Waals surface area contributed by atoms with Crippen molar-refractivity contribution in [3.63, 3.8) is 0 Å². The average Bonchev–Trinajstić information content (AvgIpc) is 2.48. The SMILES string of the molecule is Fc1ccc(Br)c(OCC2OCCc3ccccc32)c1. The number of ether oxygens (including phenoxy) is 2. The van der Waals surface area contributed by atoms with Gasteiger partial charge in [-0.2, -0.15) is 0 Å². The summed E-state index contributed by atoms with van der Waals surface area (Å²) in [6, 6.07) is 12.6. The van der Waals surface area contributed by atoms with E-state index in [1.807, 2.05) is 12.1 Å². The summed E-state index contributed by atoms with van der Waals surface area (Å²) in [5, 5.41) is 0. The molecule has 3 rings (SSSR count). The normalized spacial score (nSPS) is 17.6. The van der Waals surface area contributed by atoms with Crippen molar-refractivity contribution >= 4 is 15.9 Å². The minimum atomic E-state index is -0.312. The van der Waals surface area contributed by atoms with E-state index < -0.39 is 0 Å². The van der Waals surface area contributed by atoms with Gasteiger partial charge in [-0.05, 0) is 45.6 Å². The maximum Gasteiger partial charge on any atom is 0.136 e. The Kier molecular flexibility index (Phi) is 4.03. The van der Waals surface area contributed by atoms with Crippen molar-refractivity contribution < 1.29 is 13.9 Å². The Labute approximate surface area is 125 Å². The fourth-order valence-electron chi connectivity index (χ4n) is 2.37. The number of benzene rings is 2. The Balaban J connectivity index is 1.75. The van der Waals surface area contributed by atoms with Crippen molar-refractivity contribution in [1.82, 2.24) is 0 Å². The second kappa shape index (κ2) is 5.94. The minimum absolute atomic E-state index is 0.102. The van der Waals surface area contributed by atoms with E-state index in [0.29, 0.717) is 19.0 Å². The molecule has 0 saturated heterocycles. The van der Waals surface area contributed by atoms with Crippen molar-refractivity contribution in [3.05, 3.63) is 63.9 Å². The third kappa shape index (κ3) is 2.86. The second-order valence-electron chi connectivity index (χ2n) is 4.69. The number of rotatable bonds is 3. The zero-order chi connectivity index (χ0) is 13.9. The largest absolute Gasteiger partial charge is 0.489 e. The molecular weight excluding hydrogens is 323 g/mol. The molecule has 1 unspecified atom stereocenters. The highest BCUT2D eigenvalue weighted by Crippen LogP contribution is 2.30. The summed E-state index contributed by atoms with van der Waals surface area (Å²) in [4.78, 5) is 0. The zero-order valence-corrected chi connectivity index (χ0v) is 12.4. The van der Waals surface area contributed by atoms with Gasteiger partial charge in [0.05, 0.1) is 11.1 Å². The van der Waals surface area contributed by atoms with Crippen LogP contribution >= 0.6 is 15.9 Å². The third-order valence-electron chi connectivity index (χ3n) is 3.38. The van der Waals surface area contributed by atoms with Crippen LogP contribution in [0.2, 0.25) is 0 Å². The molecule has 1 atom stereocenters. The van der Waals surface area contributed by atoms with Gasteiger partial charge < -0.3 is 9.47 Å². The summed E-state index contributed by atoms with van der Waals surface area (Å²) >= 11 is 3.35. The van der Waals surface area contributed by atoms with Gasteiger partial charge in [-0.3, -0.25) is 0 Å². The first-order chi connectivity index (χ1) is 9.74. The van der Waals surface area contributed by atoms with Crippen LogP contribution in [0.15, 0.2) is 46.9 Å². The molecule has 4 heteroatoms. The molecule has 0 radical (unpaired) electrons. The van der Waals surface area contributed by atoms with E-state index in [4.69, 9.17) is 9.47 Å². The average molecular weight is 337 g/mol. The Morgan fingerprint density at radius 1 is 1.25 bits per heavy atom. The predicted octanol–water partition coefficient (Wildman–Crippen LogP) is 4.28. The standard InChI is InChI=1S/C16H14BrFO2/c17-14-6-5-12(18)9-15(14)20-10-16-13-4-2-1-3-11(13)7-8-19-16/h1-6,9,16H,7-8,10H2. The zero-order valence-electron chi connectivity index (χ0n) is 10.8. The fraction of sp³-hybridized carbons (Fsp3) is 0.250. The highest BCUT2D eigenvalue weighted by atomic mass is 79.9. The maximum absolute atomic E-state index is 13.2. The lowest BCUT2D eigenvalue weighted by Gasteiger charge is -2.26. The molecule has 2 aromatic rings. The lowest BCUT2D eigenvalue weighted by molar-refractivity contribution is 0.00996. The van der Waals surface area contributed by atoms with Crippen LogP contribution in [-0.4, -0.2) is 13.2 Å². The first-order valence-corrected chi connectivity index (χ1v) is 7.30. The van der Waals surface area contributed by atoms with Crippen LogP contribution < -0.4 is 4.74 Å². The van der Waals surface area contributed by atoms with Gasteiger partial charge in [-0.15, -0.1) is 0 Å². The highest BCUT2D eigenvalue weighted by molar-refractivity contribution is 9.10. The van der Waals surface area contributed by atoms with Gasteiger partial charge in [0, 0.05) is 6.07 Å². The van der Waals surface area contributed by atoms with Gasteiger partial charge in [-0.1, -0.05) is 24.3 Å². The molecule has 0 amide bonds. The van der Waals surface area contributed by atoms with Crippen molar-refractivity contribution in [2.45, 2.75) is 12.5 Å². The van der Waals surface area contributed by atoms with E-state index in [2.05, 4.69) is 28.1 Å². The first-order valence-electron chi connectivity index (χ1n) is 6.51. The van der Waals surface area contributed by atoms with Crippen molar-refractivity contribution in [2.24, 2.45) is 0 Å². The molecule has 2 aromatic carbocycles. The van der Waals surface area contributed by atoms with Crippen LogP contribution in [0.4, 0.5) is 4.39 Å². The lowest BCUT2D eigenvalue weighted by atomic mass is 9.98. The Hall–Kier alpha value is -1.39. The van der Waals surface area contributed by atoms with Crippen LogP contribution in [0.1, 0.15) is 17.2 Å². The summed E-state index contributed by atoms with van der Waals surface area (Å²) in [7, 11) is 0. The van der Waals surface area contributed by atoms with Crippen molar-refractivity contribution in [3.8, 4) is 5.75 Å². The molecule has 2 nitrogen and oxygen atoms in total. The molecular formula is C16H14BrFO2. The summed E-state index contributed by atoms with van der Waals surface area (Å²) < 4.78 is 25.4. The molecule has 0 spiro atoms. The van der Waals surface area contributed by atoms with Crippen LogP contribution in [0.3, 0.4) is 0 Å². The van der Waals surface area contributed by atoms with E-state index in [1.54, 1.807) is 6.07 Å². The summed E-state index contributed by atoms with van der Waals surface area (Å²) in [6.45, 7) is 1.06. The Bertz CT molecular complexity index is 615. The molecule has 0 N–H and O–H groups in total. The Morgan fingerprint density at radius 2 is 2.10 bits per heavy atom. The predicted molar refractivity (Wildman–Crippen MR) is 78.4 cm³/mol. The molecule has 104 valence electrons. The van der Waals surface area contributed by atoms with E-state index in [0.717, 1.165) is 16.5 Å². The van der Waals surface area contributed by atoms with E-state index in [1.165, 1.54) is 17.7 Å².